The van der Waals surface area contributed by atoms with Gasteiger partial charge in [-0.25, -0.2) is 4.68 Å². The van der Waals surface area contributed by atoms with E-state index < -0.39 is 7.12 Å². The summed E-state index contributed by atoms with van der Waals surface area (Å²) >= 11 is 0. The fourth-order valence-electron chi connectivity index (χ4n) is 2.83. The number of benzene rings is 1. The van der Waals surface area contributed by atoms with Crippen LogP contribution in [0.1, 0.15) is 36.9 Å². The second kappa shape index (κ2) is 8.98. The van der Waals surface area contributed by atoms with E-state index in [1.165, 1.54) is 0 Å². The van der Waals surface area contributed by atoms with E-state index in [1.54, 1.807) is 16.8 Å². The lowest BCUT2D eigenvalue weighted by Gasteiger charge is -2.17. The van der Waals surface area contributed by atoms with Gasteiger partial charge in [0.1, 0.15) is 23.1 Å². The molecule has 0 spiro atoms. The predicted molar refractivity (Wildman–Crippen MR) is 102 cm³/mol. The van der Waals surface area contributed by atoms with Crippen molar-refractivity contribution in [3.05, 3.63) is 35.4 Å². The van der Waals surface area contributed by atoms with Crippen LogP contribution in [0.25, 0.3) is 11.3 Å². The first-order chi connectivity index (χ1) is 12.0. The number of nitriles is 1. The summed E-state index contributed by atoms with van der Waals surface area (Å²) in [6.07, 6.45) is 2.02. The van der Waals surface area contributed by atoms with Gasteiger partial charge in [0.2, 0.25) is 0 Å². The van der Waals surface area contributed by atoms with E-state index in [-0.39, 0.29) is 12.4 Å². The molecule has 7 nitrogen and oxygen atoms in total. The number of aromatic nitrogens is 2. The lowest BCUT2D eigenvalue weighted by molar-refractivity contribution is 0.405. The molecule has 0 saturated carbocycles. The summed E-state index contributed by atoms with van der Waals surface area (Å²) in [6.45, 7) is 2.78. The van der Waals surface area contributed by atoms with E-state index in [1.807, 2.05) is 12.1 Å². The highest BCUT2D eigenvalue weighted by molar-refractivity contribution is 7.13. The van der Waals surface area contributed by atoms with Crippen LogP contribution in [0.4, 0.5) is 5.82 Å². The molecular formula is C16H23BN5O2P. The van der Waals surface area contributed by atoms with E-state index >= 15 is 0 Å². The van der Waals surface area contributed by atoms with Crippen molar-refractivity contribution in [2.24, 2.45) is 0 Å². The van der Waals surface area contributed by atoms with E-state index in [4.69, 9.17) is 15.8 Å². The number of nitrogen functional groups attached to an aromatic ring is 1. The van der Waals surface area contributed by atoms with Crippen molar-refractivity contribution < 1.29 is 10.0 Å². The van der Waals surface area contributed by atoms with Crippen LogP contribution in [0, 0.1) is 11.3 Å². The molecule has 0 fully saturated rings. The molecule has 1 aromatic carbocycles. The average molecular weight is 359 g/mol. The molecule has 132 valence electrons. The highest BCUT2D eigenvalue weighted by Crippen LogP contribution is 2.30. The highest BCUT2D eigenvalue weighted by Gasteiger charge is 2.22. The average Bonchev–Trinajstić information content (AvgIpc) is 2.91. The van der Waals surface area contributed by atoms with Gasteiger partial charge < -0.3 is 15.8 Å². The minimum Gasteiger partial charge on any atom is -0.427 e. The molecule has 0 radical (unpaired) electrons. The maximum Gasteiger partial charge on any atom is 0.456 e. The molecule has 9 heteroatoms. The van der Waals surface area contributed by atoms with Crippen molar-refractivity contribution in [2.45, 2.75) is 32.1 Å². The Bertz CT molecular complexity index is 736. The molecule has 0 amide bonds. The largest absolute Gasteiger partial charge is 0.456 e. The lowest BCUT2D eigenvalue weighted by atomic mass is 9.82. The van der Waals surface area contributed by atoms with E-state index in [0.29, 0.717) is 23.6 Å². The lowest BCUT2D eigenvalue weighted by Crippen LogP contribution is -2.22. The van der Waals surface area contributed by atoms with Crippen LogP contribution in [0.5, 0.6) is 0 Å². The number of nitrogens with zero attached hydrogens (tertiary/aromatic N) is 3. The molecular weight excluding hydrogens is 336 g/mol. The highest BCUT2D eigenvalue weighted by atomic mass is 31.0. The van der Waals surface area contributed by atoms with Crippen molar-refractivity contribution in [1.82, 2.24) is 14.9 Å². The molecule has 5 N–H and O–H groups in total. The van der Waals surface area contributed by atoms with Crippen LogP contribution in [-0.2, 0) is 6.32 Å². The van der Waals surface area contributed by atoms with Crippen LogP contribution in [0.3, 0.4) is 0 Å². The SMILES string of the molecule is CCCC(CNP)n1nc(-c2ccc(CB(O)O)cc2)c(C#N)c1N. The molecule has 2 rings (SSSR count). The smallest absolute Gasteiger partial charge is 0.427 e. The minimum absolute atomic E-state index is 0.0622. The molecule has 0 aliphatic carbocycles. The van der Waals surface area contributed by atoms with Crippen LogP contribution in [-0.4, -0.2) is 33.5 Å². The fourth-order valence-corrected chi connectivity index (χ4v) is 3.10. The Labute approximate surface area is 150 Å². The van der Waals surface area contributed by atoms with Gasteiger partial charge in [-0.2, -0.15) is 10.4 Å². The van der Waals surface area contributed by atoms with Crippen LogP contribution < -0.4 is 10.8 Å². The van der Waals surface area contributed by atoms with Crippen LogP contribution in [0.2, 0.25) is 0 Å². The Morgan fingerprint density at radius 2 is 2.08 bits per heavy atom. The zero-order valence-electron chi connectivity index (χ0n) is 14.2. The molecule has 1 heterocycles. The Morgan fingerprint density at radius 1 is 1.40 bits per heavy atom. The molecule has 0 aliphatic heterocycles. The number of rotatable bonds is 8. The Kier molecular flexibility index (Phi) is 6.97. The van der Waals surface area contributed by atoms with Crippen LogP contribution >= 0.6 is 9.39 Å². The second-order valence-electron chi connectivity index (χ2n) is 5.90. The van der Waals surface area contributed by atoms with Crippen molar-refractivity contribution in [2.75, 3.05) is 12.3 Å². The first kappa shape index (κ1) is 19.4. The minimum atomic E-state index is -1.38. The summed E-state index contributed by atoms with van der Waals surface area (Å²) in [5, 5.41) is 35.3. The molecule has 2 unspecified atom stereocenters. The fraction of sp³-hybridized carbons (Fsp3) is 0.375. The summed E-state index contributed by atoms with van der Waals surface area (Å²) in [4.78, 5) is 0. The first-order valence-electron chi connectivity index (χ1n) is 8.18. The standard InChI is InChI=1S/C16H23BN5O2P/c1-2-3-13(10-20-25)22-16(19)14(9-18)15(21-22)12-6-4-11(5-7-12)8-17(23)24/h4-7,13,20,23-24H,2-3,8,10,19,25H2,1H3. The molecule has 0 saturated heterocycles. The summed E-state index contributed by atoms with van der Waals surface area (Å²) in [6, 6.07) is 9.42. The van der Waals surface area contributed by atoms with E-state index in [2.05, 4.69) is 32.6 Å². The zero-order valence-corrected chi connectivity index (χ0v) is 15.3. The van der Waals surface area contributed by atoms with Crippen molar-refractivity contribution in [3.8, 4) is 17.3 Å². The van der Waals surface area contributed by atoms with Gasteiger partial charge in [-0.05, 0) is 12.0 Å². The monoisotopic (exact) mass is 359 g/mol. The second-order valence-corrected chi connectivity index (χ2v) is 6.31. The van der Waals surface area contributed by atoms with Gasteiger partial charge in [0.05, 0.1) is 6.04 Å². The molecule has 25 heavy (non-hydrogen) atoms. The zero-order chi connectivity index (χ0) is 18.4. The van der Waals surface area contributed by atoms with Gasteiger partial charge in [-0.15, -0.1) is 0 Å². The number of hydrogen-bond donors (Lipinski definition) is 4. The molecule has 1 aromatic heterocycles. The summed E-state index contributed by atoms with van der Waals surface area (Å²) in [7, 11) is 1.09. The number of hydrogen-bond acceptors (Lipinski definition) is 6. The third kappa shape index (κ3) is 4.59. The van der Waals surface area contributed by atoms with Crippen LogP contribution in [0.15, 0.2) is 24.3 Å². The molecule has 0 aliphatic rings. The first-order valence-corrected chi connectivity index (χ1v) is 8.76. The number of nitrogens with one attached hydrogen (secondary N) is 1. The number of nitrogens with two attached hydrogens (primary N) is 1. The van der Waals surface area contributed by atoms with Gasteiger partial charge in [0.15, 0.2) is 0 Å². The normalized spacial score (nSPS) is 12.0. The van der Waals surface area contributed by atoms with Gasteiger partial charge >= 0.3 is 7.12 Å². The maximum absolute atomic E-state index is 9.52. The topological polar surface area (TPSA) is 120 Å². The predicted octanol–water partition coefficient (Wildman–Crippen LogP) is 1.28. The molecule has 2 atom stereocenters. The van der Waals surface area contributed by atoms with Crippen molar-refractivity contribution in [3.63, 3.8) is 0 Å². The summed E-state index contributed by atoms with van der Waals surface area (Å²) < 4.78 is 1.72. The third-order valence-electron chi connectivity index (χ3n) is 4.03. The van der Waals surface area contributed by atoms with Gasteiger partial charge in [-0.1, -0.05) is 47.0 Å². The van der Waals surface area contributed by atoms with Crippen molar-refractivity contribution >= 4 is 22.3 Å². The van der Waals surface area contributed by atoms with Gasteiger partial charge in [0, 0.05) is 18.4 Å². The van der Waals surface area contributed by atoms with E-state index in [9.17, 15) is 5.26 Å². The Morgan fingerprint density at radius 3 is 2.60 bits per heavy atom. The third-order valence-corrected chi connectivity index (χ3v) is 4.26. The van der Waals surface area contributed by atoms with Gasteiger partial charge in [0.25, 0.3) is 0 Å². The summed E-state index contributed by atoms with van der Waals surface area (Å²) in [5.74, 6) is 0.367. The quantitative estimate of drug-likeness (QED) is 0.416. The summed E-state index contributed by atoms with van der Waals surface area (Å²) in [5.41, 5.74) is 8.65. The van der Waals surface area contributed by atoms with Crippen molar-refractivity contribution in [1.29, 1.82) is 5.26 Å². The van der Waals surface area contributed by atoms with E-state index in [0.717, 1.165) is 24.0 Å². The number of anilines is 1. The Hall–Kier alpha value is -1.91. The maximum atomic E-state index is 9.52. The van der Waals surface area contributed by atoms with Gasteiger partial charge in [-0.3, -0.25) is 5.09 Å². The molecule has 0 bridgehead atoms. The Balaban J connectivity index is 2.41. The molecule has 2 aromatic rings.